The van der Waals surface area contributed by atoms with E-state index < -0.39 is 5.95 Å². The fourth-order valence-electron chi connectivity index (χ4n) is 3.19. The number of nitrogens with zero attached hydrogens (tertiary/aromatic N) is 3. The molecule has 28 heavy (non-hydrogen) atoms. The van der Waals surface area contributed by atoms with E-state index in [0.717, 1.165) is 10.2 Å². The number of nitrogens with one attached hydrogen (secondary N) is 2. The smallest absolute Gasteiger partial charge is 0.322 e. The van der Waals surface area contributed by atoms with E-state index in [-0.39, 0.29) is 18.5 Å². The van der Waals surface area contributed by atoms with Crippen LogP contribution in [0.1, 0.15) is 0 Å². The van der Waals surface area contributed by atoms with E-state index in [0.29, 0.717) is 43.3 Å². The Kier molecular flexibility index (Phi) is 5.03. The molecule has 2 N–H and O–H groups in total. The molecule has 3 heterocycles. The molecule has 0 radical (unpaired) electrons. The molecule has 0 spiro atoms. The molecule has 1 aromatic carbocycles. The van der Waals surface area contributed by atoms with E-state index in [1.807, 2.05) is 4.90 Å². The summed E-state index contributed by atoms with van der Waals surface area (Å²) in [5.74, 6) is -0.307. The Balaban J connectivity index is 1.43. The Morgan fingerprint density at radius 1 is 1.25 bits per heavy atom. The number of fused-ring (bicyclic) bond motifs is 1. The predicted octanol–water partition coefficient (Wildman–Crippen LogP) is 2.67. The van der Waals surface area contributed by atoms with Gasteiger partial charge in [-0.1, -0.05) is 15.9 Å². The average molecular weight is 450 g/mol. The zero-order valence-corrected chi connectivity index (χ0v) is 16.3. The number of hydrogen-bond acceptors (Lipinski definition) is 5. The number of amides is 3. The zero-order chi connectivity index (χ0) is 19.7. The Morgan fingerprint density at radius 2 is 2.04 bits per heavy atom. The lowest BCUT2D eigenvalue weighted by Gasteiger charge is -2.36. The highest BCUT2D eigenvalue weighted by molar-refractivity contribution is 9.10. The number of anilines is 3. The number of carbonyl (C=O) groups is 2. The van der Waals surface area contributed by atoms with Gasteiger partial charge in [0.05, 0.1) is 5.69 Å². The van der Waals surface area contributed by atoms with Gasteiger partial charge in [0.2, 0.25) is 5.95 Å². The van der Waals surface area contributed by atoms with Crippen molar-refractivity contribution >= 4 is 44.9 Å². The minimum atomic E-state index is -0.527. The fraction of sp³-hybridized carbons (Fsp3) is 0.278. The maximum atomic E-state index is 13.3. The second kappa shape index (κ2) is 7.63. The van der Waals surface area contributed by atoms with Crippen molar-refractivity contribution in [3.05, 3.63) is 40.9 Å². The van der Waals surface area contributed by atoms with Crippen molar-refractivity contribution in [3.63, 3.8) is 0 Å². The first kappa shape index (κ1) is 18.5. The number of urea groups is 1. The predicted molar refractivity (Wildman–Crippen MR) is 105 cm³/mol. The standard InChI is InChI=1S/C18H17BrFN5O3/c19-11-7-13(17-14(8-11)28-10-16(26)23-17)22-18(27)25-5-3-24(4-6-25)12-1-2-21-15(20)9-12/h1-2,7-9H,3-6,10H2,(H,22,27)(H,23,26). The summed E-state index contributed by atoms with van der Waals surface area (Å²) in [6, 6.07) is 6.29. The minimum Gasteiger partial charge on any atom is -0.481 e. The highest BCUT2D eigenvalue weighted by Crippen LogP contribution is 2.38. The van der Waals surface area contributed by atoms with Gasteiger partial charge in [-0.3, -0.25) is 4.79 Å². The van der Waals surface area contributed by atoms with Crippen LogP contribution >= 0.6 is 15.9 Å². The van der Waals surface area contributed by atoms with Crippen LogP contribution < -0.4 is 20.3 Å². The number of halogens is 2. The molecule has 1 fully saturated rings. The summed E-state index contributed by atoms with van der Waals surface area (Å²) in [6.07, 6.45) is 1.43. The lowest BCUT2D eigenvalue weighted by Crippen LogP contribution is -2.50. The van der Waals surface area contributed by atoms with Gasteiger partial charge in [0.25, 0.3) is 5.91 Å². The molecule has 1 saturated heterocycles. The summed E-state index contributed by atoms with van der Waals surface area (Å²) >= 11 is 3.38. The third-order valence-electron chi connectivity index (χ3n) is 4.57. The van der Waals surface area contributed by atoms with Crippen molar-refractivity contribution in [1.29, 1.82) is 0 Å². The topological polar surface area (TPSA) is 86.8 Å². The van der Waals surface area contributed by atoms with Crippen LogP contribution in [0.25, 0.3) is 0 Å². The molecule has 1 aromatic heterocycles. The molecule has 2 aliphatic rings. The van der Waals surface area contributed by atoms with Gasteiger partial charge in [-0.15, -0.1) is 0 Å². The van der Waals surface area contributed by atoms with Crippen LogP contribution in [0.2, 0.25) is 0 Å². The molecule has 2 aliphatic heterocycles. The molecular weight excluding hydrogens is 433 g/mol. The SMILES string of the molecule is O=C1COc2cc(Br)cc(NC(=O)N3CCN(c4ccnc(F)c4)CC3)c2N1. The van der Waals surface area contributed by atoms with E-state index in [1.165, 1.54) is 12.3 Å². The molecule has 10 heteroatoms. The van der Waals surface area contributed by atoms with Crippen LogP contribution in [0.15, 0.2) is 34.9 Å². The lowest BCUT2D eigenvalue weighted by atomic mass is 10.2. The van der Waals surface area contributed by atoms with Crippen molar-refractivity contribution in [1.82, 2.24) is 9.88 Å². The molecule has 0 aliphatic carbocycles. The van der Waals surface area contributed by atoms with Gasteiger partial charge in [0.15, 0.2) is 6.61 Å². The molecule has 2 aromatic rings. The van der Waals surface area contributed by atoms with Gasteiger partial charge >= 0.3 is 6.03 Å². The summed E-state index contributed by atoms with van der Waals surface area (Å²) in [6.45, 7) is 2.05. The van der Waals surface area contributed by atoms with E-state index in [4.69, 9.17) is 4.74 Å². The van der Waals surface area contributed by atoms with Crippen LogP contribution in [0, 0.1) is 5.95 Å². The first-order valence-electron chi connectivity index (χ1n) is 8.68. The van der Waals surface area contributed by atoms with Crippen molar-refractivity contribution in [2.24, 2.45) is 0 Å². The molecule has 4 rings (SSSR count). The number of ether oxygens (including phenoxy) is 1. The largest absolute Gasteiger partial charge is 0.481 e. The molecule has 8 nitrogen and oxygen atoms in total. The number of aromatic nitrogens is 1. The van der Waals surface area contributed by atoms with E-state index in [1.54, 1.807) is 23.1 Å². The molecule has 3 amide bonds. The third-order valence-corrected chi connectivity index (χ3v) is 5.03. The summed E-state index contributed by atoms with van der Waals surface area (Å²) in [5, 5.41) is 5.57. The maximum Gasteiger partial charge on any atom is 0.322 e. The number of piperazine rings is 1. The molecule has 0 atom stereocenters. The average Bonchev–Trinajstić information content (AvgIpc) is 2.68. The van der Waals surface area contributed by atoms with Crippen molar-refractivity contribution < 1.29 is 18.7 Å². The molecule has 146 valence electrons. The summed E-state index contributed by atoms with van der Waals surface area (Å²) in [5.41, 5.74) is 1.65. The minimum absolute atomic E-state index is 0.0611. The van der Waals surface area contributed by atoms with Crippen LogP contribution in [-0.2, 0) is 4.79 Å². The van der Waals surface area contributed by atoms with Gasteiger partial charge in [-0.25, -0.2) is 9.78 Å². The van der Waals surface area contributed by atoms with Gasteiger partial charge in [0.1, 0.15) is 11.4 Å². The lowest BCUT2D eigenvalue weighted by molar-refractivity contribution is -0.118. The molecular formula is C18H17BrFN5O3. The summed E-state index contributed by atoms with van der Waals surface area (Å²) < 4.78 is 19.4. The second-order valence-electron chi connectivity index (χ2n) is 6.40. The third kappa shape index (κ3) is 3.86. The highest BCUT2D eigenvalue weighted by Gasteiger charge is 2.25. The second-order valence-corrected chi connectivity index (χ2v) is 7.32. The number of carbonyl (C=O) groups excluding carboxylic acids is 2. The van der Waals surface area contributed by atoms with E-state index in [2.05, 4.69) is 31.5 Å². The number of benzene rings is 1. The van der Waals surface area contributed by atoms with Gasteiger partial charge in [0, 0.05) is 48.6 Å². The summed E-state index contributed by atoms with van der Waals surface area (Å²) in [7, 11) is 0. The van der Waals surface area contributed by atoms with E-state index >= 15 is 0 Å². The highest BCUT2D eigenvalue weighted by atomic mass is 79.9. The Bertz CT molecular complexity index is 933. The monoisotopic (exact) mass is 449 g/mol. The molecule has 0 bridgehead atoms. The molecule has 0 unspecified atom stereocenters. The van der Waals surface area contributed by atoms with Gasteiger partial charge in [-0.05, 0) is 18.2 Å². The van der Waals surface area contributed by atoms with Crippen LogP contribution in [0.3, 0.4) is 0 Å². The summed E-state index contributed by atoms with van der Waals surface area (Å²) in [4.78, 5) is 31.6. The quantitative estimate of drug-likeness (QED) is 0.688. The number of hydrogen-bond donors (Lipinski definition) is 2. The van der Waals surface area contributed by atoms with Crippen LogP contribution in [0.4, 0.5) is 26.2 Å². The van der Waals surface area contributed by atoms with Crippen LogP contribution in [0.5, 0.6) is 5.75 Å². The Morgan fingerprint density at radius 3 is 2.79 bits per heavy atom. The van der Waals surface area contributed by atoms with Crippen molar-refractivity contribution in [2.75, 3.05) is 48.3 Å². The van der Waals surface area contributed by atoms with Gasteiger partial charge < -0.3 is 25.2 Å². The van der Waals surface area contributed by atoms with E-state index in [9.17, 15) is 14.0 Å². The Labute approximate surface area is 168 Å². The Hall–Kier alpha value is -2.88. The van der Waals surface area contributed by atoms with Crippen LogP contribution in [-0.4, -0.2) is 54.6 Å². The fourth-order valence-corrected chi connectivity index (χ4v) is 3.63. The number of pyridine rings is 1. The van der Waals surface area contributed by atoms with Crippen molar-refractivity contribution in [3.8, 4) is 5.75 Å². The first-order chi connectivity index (χ1) is 13.5. The van der Waals surface area contributed by atoms with Crippen molar-refractivity contribution in [2.45, 2.75) is 0 Å². The molecule has 0 saturated carbocycles. The van der Waals surface area contributed by atoms with Gasteiger partial charge in [-0.2, -0.15) is 4.39 Å². The maximum absolute atomic E-state index is 13.3. The first-order valence-corrected chi connectivity index (χ1v) is 9.47. The number of rotatable bonds is 2. The zero-order valence-electron chi connectivity index (χ0n) is 14.7. The normalized spacial score (nSPS) is 16.1.